The zero-order chi connectivity index (χ0) is 15.1. The molecule has 0 spiro atoms. The van der Waals surface area contributed by atoms with E-state index in [0.717, 1.165) is 12.5 Å². The molecule has 0 heterocycles. The fourth-order valence-electron chi connectivity index (χ4n) is 4.93. The average molecular weight is 292 g/mol. The van der Waals surface area contributed by atoms with Crippen LogP contribution in [-0.2, 0) is 0 Å². The molecule has 0 bridgehead atoms. The van der Waals surface area contributed by atoms with Gasteiger partial charge in [-0.1, -0.05) is 58.1 Å². The molecule has 1 nitrogen and oxygen atoms in total. The highest BCUT2D eigenvalue weighted by atomic mass is 14.9. The van der Waals surface area contributed by atoms with Gasteiger partial charge in [-0.2, -0.15) is 0 Å². The Morgan fingerprint density at radius 2 is 1.76 bits per heavy atom. The molecule has 2 aliphatic rings. The van der Waals surface area contributed by atoms with Gasteiger partial charge in [-0.25, -0.2) is 0 Å². The van der Waals surface area contributed by atoms with E-state index >= 15 is 0 Å². The van der Waals surface area contributed by atoms with Crippen molar-refractivity contribution in [1.82, 2.24) is 5.32 Å². The van der Waals surface area contributed by atoms with Crippen molar-refractivity contribution in [3.8, 4) is 0 Å². The van der Waals surface area contributed by atoms with Crippen molar-refractivity contribution in [2.45, 2.75) is 97.4 Å². The largest absolute Gasteiger partial charge is 0.310 e. The highest BCUT2D eigenvalue weighted by molar-refractivity contribution is 5.18. The Kier molecular flexibility index (Phi) is 6.79. The topological polar surface area (TPSA) is 12.0 Å². The molecule has 1 fully saturated rings. The van der Waals surface area contributed by atoms with Crippen molar-refractivity contribution in [3.63, 3.8) is 0 Å². The van der Waals surface area contributed by atoms with Gasteiger partial charge in [0.25, 0.3) is 0 Å². The van der Waals surface area contributed by atoms with Crippen LogP contribution in [0.2, 0.25) is 0 Å². The Labute approximate surface area is 133 Å². The first kappa shape index (κ1) is 17.1. The summed E-state index contributed by atoms with van der Waals surface area (Å²) in [5, 5.41) is 3.92. The second-order valence-corrected chi connectivity index (χ2v) is 7.89. The van der Waals surface area contributed by atoms with E-state index in [2.05, 4.69) is 32.2 Å². The molecule has 1 heteroatoms. The monoisotopic (exact) mass is 291 g/mol. The van der Waals surface area contributed by atoms with Gasteiger partial charge in [0.2, 0.25) is 0 Å². The standard InChI is InChI=1S/C20H37N/c1-4-21-19(18-12-8-6-5-7-9-13-18)20(16-17(2)3)14-10-11-15-20/h12,17,19,21H,4-11,13-16H2,1-3H3. The average Bonchev–Trinajstić information content (AvgIpc) is 2.85. The summed E-state index contributed by atoms with van der Waals surface area (Å²) in [5.41, 5.74) is 2.31. The van der Waals surface area contributed by atoms with E-state index in [0.29, 0.717) is 11.5 Å². The molecule has 21 heavy (non-hydrogen) atoms. The zero-order valence-electron chi connectivity index (χ0n) is 14.7. The Hall–Kier alpha value is -0.300. The molecule has 1 N–H and O–H groups in total. The summed E-state index contributed by atoms with van der Waals surface area (Å²) in [6.45, 7) is 8.22. The predicted molar refractivity (Wildman–Crippen MR) is 93.6 cm³/mol. The van der Waals surface area contributed by atoms with Gasteiger partial charge in [-0.15, -0.1) is 0 Å². The summed E-state index contributed by atoms with van der Waals surface area (Å²) in [7, 11) is 0. The maximum atomic E-state index is 3.92. The highest BCUT2D eigenvalue weighted by Gasteiger charge is 2.42. The SMILES string of the molecule is CCNC(C1=CCCCCCC1)C1(CC(C)C)CCCC1. The molecule has 0 aromatic carbocycles. The minimum Gasteiger partial charge on any atom is -0.310 e. The number of nitrogens with one attached hydrogen (secondary N) is 1. The second-order valence-electron chi connectivity index (χ2n) is 7.89. The lowest BCUT2D eigenvalue weighted by molar-refractivity contribution is 0.174. The van der Waals surface area contributed by atoms with Gasteiger partial charge in [-0.3, -0.25) is 0 Å². The predicted octanol–water partition coefficient (Wildman–Crippen LogP) is 5.85. The van der Waals surface area contributed by atoms with Gasteiger partial charge in [0.1, 0.15) is 0 Å². The van der Waals surface area contributed by atoms with Crippen molar-refractivity contribution in [2.75, 3.05) is 6.54 Å². The maximum absolute atomic E-state index is 3.92. The lowest BCUT2D eigenvalue weighted by Gasteiger charge is -2.41. The van der Waals surface area contributed by atoms with Crippen LogP contribution >= 0.6 is 0 Å². The molecule has 1 atom stereocenters. The maximum Gasteiger partial charge on any atom is 0.0336 e. The fourth-order valence-corrected chi connectivity index (χ4v) is 4.93. The summed E-state index contributed by atoms with van der Waals surface area (Å²) < 4.78 is 0. The minimum atomic E-state index is 0.551. The number of hydrogen-bond acceptors (Lipinski definition) is 1. The molecular formula is C20H37N. The normalized spacial score (nSPS) is 24.5. The summed E-state index contributed by atoms with van der Waals surface area (Å²) in [5.74, 6) is 0.818. The number of allylic oxidation sites excluding steroid dienone is 1. The lowest BCUT2D eigenvalue weighted by Crippen LogP contribution is -2.46. The van der Waals surface area contributed by atoms with Crippen LogP contribution in [0.15, 0.2) is 11.6 Å². The van der Waals surface area contributed by atoms with Crippen molar-refractivity contribution >= 4 is 0 Å². The van der Waals surface area contributed by atoms with E-state index in [4.69, 9.17) is 0 Å². The van der Waals surface area contributed by atoms with Gasteiger partial charge in [0.05, 0.1) is 0 Å². The van der Waals surface area contributed by atoms with E-state index in [1.54, 1.807) is 5.57 Å². The quantitative estimate of drug-likeness (QED) is 0.605. The van der Waals surface area contributed by atoms with Crippen LogP contribution in [0.5, 0.6) is 0 Å². The van der Waals surface area contributed by atoms with Gasteiger partial charge in [0.15, 0.2) is 0 Å². The Bertz CT molecular complexity index is 323. The number of likely N-dealkylation sites (N-methyl/N-ethyl adjacent to an activating group) is 1. The van der Waals surface area contributed by atoms with Crippen LogP contribution in [0.4, 0.5) is 0 Å². The van der Waals surface area contributed by atoms with Crippen molar-refractivity contribution < 1.29 is 0 Å². The van der Waals surface area contributed by atoms with Crippen LogP contribution in [-0.4, -0.2) is 12.6 Å². The molecule has 2 rings (SSSR count). The van der Waals surface area contributed by atoms with E-state index < -0.39 is 0 Å². The molecule has 0 amide bonds. The third-order valence-electron chi connectivity index (χ3n) is 5.63. The van der Waals surface area contributed by atoms with Crippen LogP contribution < -0.4 is 5.32 Å². The van der Waals surface area contributed by atoms with Crippen LogP contribution in [0.25, 0.3) is 0 Å². The van der Waals surface area contributed by atoms with E-state index in [9.17, 15) is 0 Å². The van der Waals surface area contributed by atoms with Gasteiger partial charge in [0, 0.05) is 6.04 Å². The van der Waals surface area contributed by atoms with Crippen molar-refractivity contribution in [3.05, 3.63) is 11.6 Å². The highest BCUT2D eigenvalue weighted by Crippen LogP contribution is 2.48. The third kappa shape index (κ3) is 4.58. The second kappa shape index (κ2) is 8.36. The first-order valence-corrected chi connectivity index (χ1v) is 9.60. The smallest absolute Gasteiger partial charge is 0.0336 e. The Morgan fingerprint density at radius 1 is 1.05 bits per heavy atom. The Morgan fingerprint density at radius 3 is 2.43 bits per heavy atom. The Balaban J connectivity index is 2.21. The van der Waals surface area contributed by atoms with Crippen molar-refractivity contribution in [1.29, 1.82) is 0 Å². The number of hydrogen-bond donors (Lipinski definition) is 1. The molecule has 0 aromatic heterocycles. The molecule has 122 valence electrons. The van der Waals surface area contributed by atoms with E-state index in [1.165, 1.54) is 70.6 Å². The molecule has 0 radical (unpaired) electrons. The minimum absolute atomic E-state index is 0.551. The van der Waals surface area contributed by atoms with Crippen LogP contribution in [0, 0.1) is 11.3 Å². The van der Waals surface area contributed by atoms with Crippen LogP contribution in [0.1, 0.15) is 91.4 Å². The summed E-state index contributed by atoms with van der Waals surface area (Å²) in [6, 6.07) is 0.658. The fraction of sp³-hybridized carbons (Fsp3) is 0.900. The van der Waals surface area contributed by atoms with Crippen LogP contribution in [0.3, 0.4) is 0 Å². The van der Waals surface area contributed by atoms with E-state index in [-0.39, 0.29) is 0 Å². The zero-order valence-corrected chi connectivity index (χ0v) is 14.7. The lowest BCUT2D eigenvalue weighted by atomic mass is 9.69. The van der Waals surface area contributed by atoms with Gasteiger partial charge < -0.3 is 5.32 Å². The summed E-state index contributed by atoms with van der Waals surface area (Å²) >= 11 is 0. The first-order chi connectivity index (χ1) is 10.2. The van der Waals surface area contributed by atoms with Gasteiger partial charge in [-0.05, 0) is 62.8 Å². The molecule has 1 unspecified atom stereocenters. The van der Waals surface area contributed by atoms with Crippen molar-refractivity contribution in [2.24, 2.45) is 11.3 Å². The summed E-state index contributed by atoms with van der Waals surface area (Å²) in [6.07, 6.45) is 18.1. The van der Waals surface area contributed by atoms with Gasteiger partial charge >= 0.3 is 0 Å². The molecule has 1 saturated carbocycles. The third-order valence-corrected chi connectivity index (χ3v) is 5.63. The summed E-state index contributed by atoms with van der Waals surface area (Å²) in [4.78, 5) is 0. The first-order valence-electron chi connectivity index (χ1n) is 9.60. The molecule has 0 saturated heterocycles. The molecule has 2 aliphatic carbocycles. The van der Waals surface area contributed by atoms with E-state index in [1.807, 2.05) is 0 Å². The molecule has 0 aromatic rings. The molecular weight excluding hydrogens is 254 g/mol. The molecule has 0 aliphatic heterocycles. The number of rotatable bonds is 6.